The second kappa shape index (κ2) is 6.20. The van der Waals surface area contributed by atoms with E-state index in [1.165, 1.54) is 56.4 Å². The maximum absolute atomic E-state index is 2.64. The number of likely N-dealkylation sites (tertiary alicyclic amines) is 1. The van der Waals surface area contributed by atoms with E-state index in [9.17, 15) is 0 Å². The van der Waals surface area contributed by atoms with Crippen LogP contribution in [0.15, 0.2) is 24.3 Å². The van der Waals surface area contributed by atoms with Crippen molar-refractivity contribution >= 4 is 0 Å². The van der Waals surface area contributed by atoms with Crippen LogP contribution < -0.4 is 0 Å². The lowest BCUT2D eigenvalue weighted by Crippen LogP contribution is -2.34. The molecule has 1 heterocycles. The molecule has 1 nitrogen and oxygen atoms in total. The zero-order chi connectivity index (χ0) is 12.1. The van der Waals surface area contributed by atoms with Gasteiger partial charge in [-0.3, -0.25) is 0 Å². The summed E-state index contributed by atoms with van der Waals surface area (Å²) in [6.07, 6.45) is 5.45. The monoisotopic (exact) mass is 231 g/mol. The van der Waals surface area contributed by atoms with Gasteiger partial charge in [-0.1, -0.05) is 43.2 Å². The van der Waals surface area contributed by atoms with Crippen LogP contribution in [0.2, 0.25) is 0 Å². The van der Waals surface area contributed by atoms with Gasteiger partial charge in [-0.2, -0.15) is 0 Å². The maximum atomic E-state index is 2.64. The van der Waals surface area contributed by atoms with Gasteiger partial charge in [-0.25, -0.2) is 0 Å². The molecule has 0 aliphatic carbocycles. The first-order valence-electron chi connectivity index (χ1n) is 7.02. The zero-order valence-corrected chi connectivity index (χ0v) is 11.3. The summed E-state index contributed by atoms with van der Waals surface area (Å²) in [5.41, 5.74) is 2.84. The normalized spacial score (nSPS) is 19.2. The van der Waals surface area contributed by atoms with Crippen molar-refractivity contribution in [3.63, 3.8) is 0 Å². The number of nitrogens with zero attached hydrogens (tertiary/aromatic N) is 1. The summed E-state index contributed by atoms with van der Waals surface area (Å²) in [5, 5.41) is 0. The highest BCUT2D eigenvalue weighted by molar-refractivity contribution is 5.21. The van der Waals surface area contributed by atoms with E-state index in [1.54, 1.807) is 0 Å². The Morgan fingerprint density at radius 3 is 2.35 bits per heavy atom. The molecule has 1 atom stereocenters. The first-order chi connectivity index (χ1) is 8.24. The van der Waals surface area contributed by atoms with Crippen LogP contribution in [0.1, 0.15) is 37.3 Å². The van der Waals surface area contributed by atoms with E-state index in [2.05, 4.69) is 43.0 Å². The Bertz CT molecular complexity index is 322. The van der Waals surface area contributed by atoms with Gasteiger partial charge >= 0.3 is 0 Å². The van der Waals surface area contributed by atoms with Crippen LogP contribution in [0.3, 0.4) is 0 Å². The lowest BCUT2D eigenvalue weighted by Gasteiger charge is -2.29. The molecule has 0 spiro atoms. The molecule has 1 aliphatic rings. The number of hydrogen-bond acceptors (Lipinski definition) is 1. The van der Waals surface area contributed by atoms with Gasteiger partial charge in [0.1, 0.15) is 0 Å². The van der Waals surface area contributed by atoms with Crippen LogP contribution in [-0.2, 0) is 6.42 Å². The predicted octanol–water partition coefficient (Wildman–Crippen LogP) is 3.66. The van der Waals surface area contributed by atoms with Gasteiger partial charge in [-0.15, -0.1) is 0 Å². The first kappa shape index (κ1) is 12.6. The van der Waals surface area contributed by atoms with E-state index in [4.69, 9.17) is 0 Å². The molecule has 0 N–H and O–H groups in total. The van der Waals surface area contributed by atoms with Crippen molar-refractivity contribution in [2.24, 2.45) is 5.92 Å². The third-order valence-electron chi connectivity index (χ3n) is 3.72. The molecule has 0 bridgehead atoms. The molecule has 1 fully saturated rings. The van der Waals surface area contributed by atoms with Crippen molar-refractivity contribution < 1.29 is 0 Å². The third kappa shape index (κ3) is 4.16. The Kier molecular flexibility index (Phi) is 4.61. The first-order valence-corrected chi connectivity index (χ1v) is 7.02. The van der Waals surface area contributed by atoms with Gasteiger partial charge in [0, 0.05) is 6.54 Å². The smallest absolute Gasteiger partial charge is 0.00102 e. The Labute approximate surface area is 106 Å². The molecule has 1 saturated heterocycles. The fourth-order valence-corrected chi connectivity index (χ4v) is 2.77. The van der Waals surface area contributed by atoms with Crippen molar-refractivity contribution in [3.8, 4) is 0 Å². The van der Waals surface area contributed by atoms with Gasteiger partial charge in [0.15, 0.2) is 0 Å². The third-order valence-corrected chi connectivity index (χ3v) is 3.72. The molecule has 1 aromatic carbocycles. The number of hydrogen-bond donors (Lipinski definition) is 0. The summed E-state index contributed by atoms with van der Waals surface area (Å²) in [6, 6.07) is 9.01. The molecule has 1 heteroatoms. The van der Waals surface area contributed by atoms with Gasteiger partial charge in [0.25, 0.3) is 0 Å². The van der Waals surface area contributed by atoms with E-state index in [-0.39, 0.29) is 0 Å². The van der Waals surface area contributed by atoms with E-state index >= 15 is 0 Å². The van der Waals surface area contributed by atoms with Crippen LogP contribution >= 0.6 is 0 Å². The van der Waals surface area contributed by atoms with Crippen LogP contribution in [0.25, 0.3) is 0 Å². The molecule has 17 heavy (non-hydrogen) atoms. The van der Waals surface area contributed by atoms with Crippen molar-refractivity contribution in [2.75, 3.05) is 19.6 Å². The summed E-state index contributed by atoms with van der Waals surface area (Å²) < 4.78 is 0. The molecule has 94 valence electrons. The Morgan fingerprint density at radius 1 is 1.06 bits per heavy atom. The summed E-state index contributed by atoms with van der Waals surface area (Å²) in [7, 11) is 0. The van der Waals surface area contributed by atoms with Gasteiger partial charge in [-0.05, 0) is 50.8 Å². The average molecular weight is 231 g/mol. The summed E-state index contributed by atoms with van der Waals surface area (Å²) >= 11 is 0. The summed E-state index contributed by atoms with van der Waals surface area (Å²) in [5.74, 6) is 0.774. The van der Waals surface area contributed by atoms with Crippen LogP contribution in [0.5, 0.6) is 0 Å². The average Bonchev–Trinajstić information content (AvgIpc) is 2.33. The largest absolute Gasteiger partial charge is 0.303 e. The highest BCUT2D eigenvalue weighted by Crippen LogP contribution is 2.14. The summed E-state index contributed by atoms with van der Waals surface area (Å²) in [6.45, 7) is 8.44. The lowest BCUT2D eigenvalue weighted by molar-refractivity contribution is 0.200. The number of rotatable bonds is 4. The highest BCUT2D eigenvalue weighted by Gasteiger charge is 2.13. The highest BCUT2D eigenvalue weighted by atomic mass is 15.1. The van der Waals surface area contributed by atoms with Gasteiger partial charge < -0.3 is 4.90 Å². The van der Waals surface area contributed by atoms with E-state index in [0.717, 1.165) is 5.92 Å². The Hall–Kier alpha value is -0.820. The van der Waals surface area contributed by atoms with E-state index < -0.39 is 0 Å². The molecule has 1 aliphatic heterocycles. The van der Waals surface area contributed by atoms with Gasteiger partial charge in [0.05, 0.1) is 0 Å². The predicted molar refractivity (Wildman–Crippen MR) is 74.3 cm³/mol. The van der Waals surface area contributed by atoms with Crippen LogP contribution in [-0.4, -0.2) is 24.5 Å². The molecule has 0 aromatic heterocycles. The zero-order valence-electron chi connectivity index (χ0n) is 11.3. The van der Waals surface area contributed by atoms with Crippen molar-refractivity contribution in [1.82, 2.24) is 4.90 Å². The minimum absolute atomic E-state index is 0.774. The Balaban J connectivity index is 1.79. The lowest BCUT2D eigenvalue weighted by atomic mass is 9.99. The SMILES string of the molecule is Cc1ccc(CC(C)CN2CCCCC2)cc1. The Morgan fingerprint density at radius 2 is 1.71 bits per heavy atom. The van der Waals surface area contributed by atoms with Gasteiger partial charge in [0.2, 0.25) is 0 Å². The summed E-state index contributed by atoms with van der Waals surface area (Å²) in [4.78, 5) is 2.64. The quantitative estimate of drug-likeness (QED) is 0.764. The molecule has 1 aromatic rings. The van der Waals surface area contributed by atoms with Crippen molar-refractivity contribution in [1.29, 1.82) is 0 Å². The fraction of sp³-hybridized carbons (Fsp3) is 0.625. The molecular weight excluding hydrogens is 206 g/mol. The van der Waals surface area contributed by atoms with Crippen molar-refractivity contribution in [2.45, 2.75) is 39.5 Å². The molecule has 1 unspecified atom stereocenters. The maximum Gasteiger partial charge on any atom is 0.00102 e. The molecule has 0 amide bonds. The van der Waals surface area contributed by atoms with Crippen molar-refractivity contribution in [3.05, 3.63) is 35.4 Å². The number of benzene rings is 1. The van der Waals surface area contributed by atoms with Crippen LogP contribution in [0, 0.1) is 12.8 Å². The van der Waals surface area contributed by atoms with E-state index in [1.807, 2.05) is 0 Å². The number of piperidine rings is 1. The standard InChI is InChI=1S/C16H25N/c1-14-6-8-16(9-7-14)12-15(2)13-17-10-4-3-5-11-17/h6-9,15H,3-5,10-13H2,1-2H3. The molecule has 2 rings (SSSR count). The second-order valence-electron chi connectivity index (χ2n) is 5.66. The van der Waals surface area contributed by atoms with Crippen LogP contribution in [0.4, 0.5) is 0 Å². The van der Waals surface area contributed by atoms with E-state index in [0.29, 0.717) is 0 Å². The second-order valence-corrected chi connectivity index (χ2v) is 5.66. The minimum Gasteiger partial charge on any atom is -0.303 e. The number of aryl methyl sites for hydroxylation is 1. The minimum atomic E-state index is 0.774. The topological polar surface area (TPSA) is 3.24 Å². The molecular formula is C16H25N. The molecule has 0 saturated carbocycles. The molecule has 0 radical (unpaired) electrons. The fourth-order valence-electron chi connectivity index (χ4n) is 2.77.